The second kappa shape index (κ2) is 9.57. The second-order valence-corrected chi connectivity index (χ2v) is 7.68. The highest BCUT2D eigenvalue weighted by molar-refractivity contribution is 8.76. The van der Waals surface area contributed by atoms with E-state index in [4.69, 9.17) is 8.83 Å². The minimum Gasteiger partial charge on any atom is -0.411 e. The maximum Gasteiger partial charge on any atom is 0.288 e. The predicted octanol–water partition coefficient (Wildman–Crippen LogP) is 6.23. The van der Waals surface area contributed by atoms with Crippen molar-refractivity contribution < 1.29 is 8.83 Å². The molecule has 0 saturated heterocycles. The van der Waals surface area contributed by atoms with Crippen LogP contribution < -0.4 is 0 Å². The molecule has 0 amide bonds. The summed E-state index contributed by atoms with van der Waals surface area (Å²) in [5, 5.41) is 17.1. The topological polar surface area (TPSA) is 77.8 Å². The molecule has 6 nitrogen and oxygen atoms in total. The van der Waals surface area contributed by atoms with Gasteiger partial charge in [-0.25, -0.2) is 0 Å². The van der Waals surface area contributed by atoms with Crippen LogP contribution in [0.4, 0.5) is 0 Å². The van der Waals surface area contributed by atoms with E-state index in [1.165, 1.54) is 32.7 Å². The molecule has 0 aliphatic rings. The van der Waals surface area contributed by atoms with Crippen molar-refractivity contribution in [1.29, 1.82) is 0 Å². The normalized spacial score (nSPS) is 10.4. The molecule has 4 rings (SSSR count). The first-order chi connectivity index (χ1) is 13.7. The third kappa shape index (κ3) is 5.02. The molecule has 8 heteroatoms. The molecule has 0 aliphatic carbocycles. The van der Waals surface area contributed by atoms with Gasteiger partial charge in [0, 0.05) is 32.7 Å². The first kappa shape index (κ1) is 20.2. The lowest BCUT2D eigenvalue weighted by Gasteiger charge is -1.95. The second-order valence-electron chi connectivity index (χ2n) is 5.64. The van der Waals surface area contributed by atoms with Crippen molar-refractivity contribution in [2.75, 3.05) is 0 Å². The third-order valence-corrected chi connectivity index (χ3v) is 5.40. The van der Waals surface area contributed by atoms with Gasteiger partial charge in [0.2, 0.25) is 11.8 Å². The molecular formula is C20H20N4O2S2. The molecule has 2 aromatic heterocycles. The summed E-state index contributed by atoms with van der Waals surface area (Å²) in [5.74, 6) is 0.970. The Kier molecular flexibility index (Phi) is 6.89. The summed E-state index contributed by atoms with van der Waals surface area (Å²) in [5.41, 5.74) is 4.14. The number of benzene rings is 2. The van der Waals surface area contributed by atoms with Crippen LogP contribution >= 0.6 is 21.6 Å². The summed E-state index contributed by atoms with van der Waals surface area (Å²) in [6.07, 6.45) is 0. The van der Waals surface area contributed by atoms with Gasteiger partial charge in [0.25, 0.3) is 10.4 Å². The van der Waals surface area contributed by atoms with E-state index in [9.17, 15) is 0 Å². The largest absolute Gasteiger partial charge is 0.411 e. The fourth-order valence-corrected chi connectivity index (χ4v) is 3.53. The van der Waals surface area contributed by atoms with Crippen molar-refractivity contribution in [1.82, 2.24) is 20.4 Å². The van der Waals surface area contributed by atoms with E-state index in [0.29, 0.717) is 22.2 Å². The fraction of sp³-hybridized carbons (Fsp3) is 0.200. The molecule has 0 atom stereocenters. The molecule has 0 N–H and O–H groups in total. The van der Waals surface area contributed by atoms with Gasteiger partial charge in [-0.15, -0.1) is 10.2 Å². The van der Waals surface area contributed by atoms with Crippen molar-refractivity contribution in [2.24, 2.45) is 0 Å². The molecule has 0 unspecified atom stereocenters. The van der Waals surface area contributed by atoms with Gasteiger partial charge in [0.05, 0.1) is 0 Å². The summed E-state index contributed by atoms with van der Waals surface area (Å²) in [4.78, 5) is 0. The maximum atomic E-state index is 5.67. The van der Waals surface area contributed by atoms with Gasteiger partial charge in [0.15, 0.2) is 0 Å². The third-order valence-electron chi connectivity index (χ3n) is 3.59. The zero-order chi connectivity index (χ0) is 19.9. The van der Waals surface area contributed by atoms with Gasteiger partial charge in [-0.1, -0.05) is 59.4 Å². The van der Waals surface area contributed by atoms with E-state index in [1.807, 2.05) is 76.2 Å². The first-order valence-corrected chi connectivity index (χ1v) is 11.0. The van der Waals surface area contributed by atoms with Gasteiger partial charge < -0.3 is 8.83 Å². The quantitative estimate of drug-likeness (QED) is 0.357. The summed E-state index contributed by atoms with van der Waals surface area (Å²) < 4.78 is 11.3. The highest BCUT2D eigenvalue weighted by Gasteiger charge is 2.13. The van der Waals surface area contributed by atoms with E-state index in [0.717, 1.165) is 11.1 Å². The summed E-state index contributed by atoms with van der Waals surface area (Å²) in [7, 11) is 2.57. The number of nitrogens with zero attached hydrogens (tertiary/aromatic N) is 4. The Morgan fingerprint density at radius 3 is 1.29 bits per heavy atom. The number of hydrogen-bond donors (Lipinski definition) is 0. The molecule has 0 bridgehead atoms. The van der Waals surface area contributed by atoms with Crippen molar-refractivity contribution in [3.8, 4) is 22.9 Å². The van der Waals surface area contributed by atoms with Gasteiger partial charge in [-0.3, -0.25) is 0 Å². The minimum absolute atomic E-state index is 0.431. The Morgan fingerprint density at radius 1 is 0.571 bits per heavy atom. The van der Waals surface area contributed by atoms with Crippen molar-refractivity contribution in [3.63, 3.8) is 0 Å². The number of aryl methyl sites for hydroxylation is 2. The van der Waals surface area contributed by atoms with Crippen LogP contribution in [0.2, 0.25) is 0 Å². The molecule has 0 fully saturated rings. The Morgan fingerprint density at radius 2 is 0.929 bits per heavy atom. The Labute approximate surface area is 171 Å². The van der Waals surface area contributed by atoms with Crippen LogP contribution in [0.25, 0.3) is 22.9 Å². The summed E-state index contributed by atoms with van der Waals surface area (Å²) in [6, 6.07) is 15.8. The molecule has 2 aromatic carbocycles. The number of rotatable bonds is 5. The molecule has 0 aliphatic heterocycles. The van der Waals surface area contributed by atoms with Crippen LogP contribution in [0.1, 0.15) is 25.0 Å². The molecule has 4 aromatic rings. The fourth-order valence-electron chi connectivity index (χ4n) is 2.18. The minimum atomic E-state index is 0.431. The van der Waals surface area contributed by atoms with Gasteiger partial charge >= 0.3 is 0 Å². The van der Waals surface area contributed by atoms with Crippen molar-refractivity contribution in [2.45, 2.75) is 38.1 Å². The summed E-state index contributed by atoms with van der Waals surface area (Å²) >= 11 is 0. The highest BCUT2D eigenvalue weighted by Crippen LogP contribution is 2.37. The lowest BCUT2D eigenvalue weighted by Crippen LogP contribution is -1.77. The number of aromatic nitrogens is 4. The van der Waals surface area contributed by atoms with E-state index >= 15 is 0 Å². The van der Waals surface area contributed by atoms with Crippen molar-refractivity contribution >= 4 is 21.6 Å². The van der Waals surface area contributed by atoms with Crippen LogP contribution in [-0.2, 0) is 0 Å². The molecule has 0 spiro atoms. The zero-order valence-corrected chi connectivity index (χ0v) is 17.7. The van der Waals surface area contributed by atoms with Crippen molar-refractivity contribution in [3.05, 3.63) is 59.7 Å². The summed E-state index contributed by atoms with van der Waals surface area (Å²) in [6.45, 7) is 8.07. The van der Waals surface area contributed by atoms with E-state index < -0.39 is 0 Å². The molecule has 144 valence electrons. The molecule has 0 saturated carbocycles. The first-order valence-electron chi connectivity index (χ1n) is 8.83. The number of hydrogen-bond acceptors (Lipinski definition) is 8. The zero-order valence-electron chi connectivity index (χ0n) is 16.0. The van der Waals surface area contributed by atoms with Gasteiger partial charge in [0.1, 0.15) is 0 Å². The van der Waals surface area contributed by atoms with Gasteiger partial charge in [-0.2, -0.15) is 0 Å². The average Bonchev–Trinajstić information content (AvgIpc) is 3.39. The van der Waals surface area contributed by atoms with E-state index in [-0.39, 0.29) is 0 Å². The highest BCUT2D eigenvalue weighted by atomic mass is 33.1. The van der Waals surface area contributed by atoms with Crippen LogP contribution in [-0.4, -0.2) is 20.4 Å². The Hall–Kier alpha value is -2.58. The average molecular weight is 413 g/mol. The van der Waals surface area contributed by atoms with Gasteiger partial charge in [-0.05, 0) is 38.1 Å². The van der Waals surface area contributed by atoms with Crippen LogP contribution in [0.3, 0.4) is 0 Å². The Bertz CT molecular complexity index is 928. The van der Waals surface area contributed by atoms with E-state index in [2.05, 4.69) is 20.4 Å². The lowest BCUT2D eigenvalue weighted by atomic mass is 10.1. The van der Waals surface area contributed by atoms with Crippen LogP contribution in [0, 0.1) is 13.8 Å². The molecular weight excluding hydrogens is 392 g/mol. The Balaban J connectivity index is 0.00000109. The standard InChI is InChI=1S/C18H14N4O2S2.C2H6/c1-11-3-7-13(8-4-11)15-19-21-17(23-15)25-26-18-22-20-16(24-18)14-9-5-12(2)6-10-14;1-2/h3-10H,1-2H3;1-2H3. The molecule has 0 radical (unpaired) electrons. The van der Waals surface area contributed by atoms with Crippen LogP contribution in [0.15, 0.2) is 67.8 Å². The van der Waals surface area contributed by atoms with Crippen LogP contribution in [0.5, 0.6) is 0 Å². The van der Waals surface area contributed by atoms with E-state index in [1.54, 1.807) is 0 Å². The smallest absolute Gasteiger partial charge is 0.288 e. The molecule has 28 heavy (non-hydrogen) atoms. The molecule has 2 heterocycles. The SMILES string of the molecule is CC.Cc1ccc(-c2nnc(SSc3nnc(-c4ccc(C)cc4)o3)o2)cc1. The lowest BCUT2D eigenvalue weighted by molar-refractivity contribution is 0.464. The maximum absolute atomic E-state index is 5.67. The monoisotopic (exact) mass is 412 g/mol. The predicted molar refractivity (Wildman–Crippen MR) is 112 cm³/mol.